The fourth-order valence-corrected chi connectivity index (χ4v) is 3.28. The van der Waals surface area contributed by atoms with Crippen LogP contribution in [-0.4, -0.2) is 43.8 Å². The molecule has 8 nitrogen and oxygen atoms in total. The first-order valence-electron chi connectivity index (χ1n) is 9.20. The minimum atomic E-state index is -0.679. The van der Waals surface area contributed by atoms with E-state index < -0.39 is 24.5 Å². The number of nitrogens with one attached hydrogen (secondary N) is 2. The summed E-state index contributed by atoms with van der Waals surface area (Å²) in [6, 6.07) is 4.15. The number of esters is 1. The lowest BCUT2D eigenvalue weighted by Crippen LogP contribution is -2.48. The van der Waals surface area contributed by atoms with E-state index in [0.29, 0.717) is 30.6 Å². The molecule has 2 atom stereocenters. The Bertz CT molecular complexity index is 720. The molecule has 3 rings (SSSR count). The second-order valence-electron chi connectivity index (χ2n) is 6.82. The zero-order chi connectivity index (χ0) is 19.2. The maximum Gasteiger partial charge on any atom is 0.338 e. The zero-order valence-electron chi connectivity index (χ0n) is 15.3. The summed E-state index contributed by atoms with van der Waals surface area (Å²) in [6.45, 7) is 2.41. The summed E-state index contributed by atoms with van der Waals surface area (Å²) in [5.74, 6) is 0.0446. The molecule has 2 N–H and O–H groups in total. The van der Waals surface area contributed by atoms with E-state index in [9.17, 15) is 14.4 Å². The van der Waals surface area contributed by atoms with Gasteiger partial charge < -0.3 is 19.5 Å². The topological polar surface area (TPSA) is 103 Å². The van der Waals surface area contributed by atoms with Crippen LogP contribution < -0.4 is 20.1 Å². The maximum atomic E-state index is 12.1. The third-order valence-corrected chi connectivity index (χ3v) is 4.79. The van der Waals surface area contributed by atoms with Crippen molar-refractivity contribution < 1.29 is 28.6 Å². The molecule has 1 aromatic rings. The molecule has 27 heavy (non-hydrogen) atoms. The van der Waals surface area contributed by atoms with Crippen LogP contribution in [0.1, 0.15) is 43.0 Å². The summed E-state index contributed by atoms with van der Waals surface area (Å²) < 4.78 is 15.8. The SMILES string of the molecule is C[C@H]1CCCC[C@@H]1NC(=O)NC(=O)COC(=O)c1ccc2c(c1)OCCO2. The highest BCUT2D eigenvalue weighted by molar-refractivity contribution is 5.97. The molecule has 3 amide bonds. The van der Waals surface area contributed by atoms with Gasteiger partial charge in [-0.2, -0.15) is 0 Å². The Morgan fingerprint density at radius 2 is 1.85 bits per heavy atom. The Labute approximate surface area is 157 Å². The smallest absolute Gasteiger partial charge is 0.338 e. The van der Waals surface area contributed by atoms with E-state index in [2.05, 4.69) is 17.6 Å². The average molecular weight is 376 g/mol. The van der Waals surface area contributed by atoms with Crippen molar-refractivity contribution in [3.8, 4) is 11.5 Å². The summed E-state index contributed by atoms with van der Waals surface area (Å²) in [4.78, 5) is 35.9. The monoisotopic (exact) mass is 376 g/mol. The quantitative estimate of drug-likeness (QED) is 0.780. The van der Waals surface area contributed by atoms with Gasteiger partial charge >= 0.3 is 12.0 Å². The summed E-state index contributed by atoms with van der Waals surface area (Å²) in [5.41, 5.74) is 0.243. The first-order valence-corrected chi connectivity index (χ1v) is 9.20. The van der Waals surface area contributed by atoms with E-state index in [0.717, 1.165) is 25.7 Å². The van der Waals surface area contributed by atoms with Crippen LogP contribution in [0.2, 0.25) is 0 Å². The van der Waals surface area contributed by atoms with Crippen LogP contribution in [0.3, 0.4) is 0 Å². The molecule has 146 valence electrons. The van der Waals surface area contributed by atoms with Gasteiger partial charge in [0.2, 0.25) is 0 Å². The molecule has 8 heteroatoms. The second-order valence-corrected chi connectivity index (χ2v) is 6.82. The van der Waals surface area contributed by atoms with Gasteiger partial charge in [-0.25, -0.2) is 9.59 Å². The van der Waals surface area contributed by atoms with E-state index in [1.54, 1.807) is 6.07 Å². The molecule has 1 aromatic carbocycles. The molecule has 1 aliphatic heterocycles. The number of hydrogen-bond acceptors (Lipinski definition) is 6. The molecule has 0 spiro atoms. The minimum absolute atomic E-state index is 0.0619. The molecule has 0 saturated heterocycles. The molecule has 0 unspecified atom stereocenters. The standard InChI is InChI=1S/C19H24N2O6/c1-12-4-2-3-5-14(12)20-19(24)21-17(22)11-27-18(23)13-6-7-15-16(10-13)26-9-8-25-15/h6-7,10,12,14H,2-5,8-9,11H2,1H3,(H2,20,21,22,24)/t12-,14-/m0/s1. The molecular formula is C19H24N2O6. The van der Waals surface area contributed by atoms with Gasteiger partial charge in [-0.05, 0) is 37.0 Å². The number of hydrogen-bond donors (Lipinski definition) is 2. The number of fused-ring (bicyclic) bond motifs is 1. The number of amides is 3. The summed E-state index contributed by atoms with van der Waals surface area (Å²) in [7, 11) is 0. The van der Waals surface area contributed by atoms with E-state index in [-0.39, 0.29) is 11.6 Å². The van der Waals surface area contributed by atoms with Crippen molar-refractivity contribution in [1.82, 2.24) is 10.6 Å². The highest BCUT2D eigenvalue weighted by Crippen LogP contribution is 2.30. The number of imide groups is 1. The Balaban J connectivity index is 1.44. The molecule has 1 saturated carbocycles. The van der Waals surface area contributed by atoms with Crippen LogP contribution in [0, 0.1) is 5.92 Å². The molecule has 1 heterocycles. The lowest BCUT2D eigenvalue weighted by molar-refractivity contribution is -0.123. The Morgan fingerprint density at radius 1 is 1.11 bits per heavy atom. The van der Waals surface area contributed by atoms with E-state index in [4.69, 9.17) is 14.2 Å². The normalized spacial score (nSPS) is 21.1. The van der Waals surface area contributed by atoms with Gasteiger partial charge in [0.05, 0.1) is 5.56 Å². The Kier molecular flexibility index (Phi) is 6.16. The first kappa shape index (κ1) is 19.0. The maximum absolute atomic E-state index is 12.1. The van der Waals surface area contributed by atoms with Gasteiger partial charge in [0.1, 0.15) is 13.2 Å². The van der Waals surface area contributed by atoms with Crippen molar-refractivity contribution in [2.75, 3.05) is 19.8 Å². The third-order valence-electron chi connectivity index (χ3n) is 4.79. The minimum Gasteiger partial charge on any atom is -0.486 e. The van der Waals surface area contributed by atoms with Crippen LogP contribution in [0.25, 0.3) is 0 Å². The van der Waals surface area contributed by atoms with Gasteiger partial charge in [-0.3, -0.25) is 10.1 Å². The van der Waals surface area contributed by atoms with E-state index in [1.807, 2.05) is 0 Å². The van der Waals surface area contributed by atoms with Crippen LogP contribution in [-0.2, 0) is 9.53 Å². The van der Waals surface area contributed by atoms with Gasteiger partial charge in [-0.1, -0.05) is 19.8 Å². The Morgan fingerprint density at radius 3 is 2.63 bits per heavy atom. The van der Waals surface area contributed by atoms with Crippen molar-refractivity contribution in [2.45, 2.75) is 38.6 Å². The second kappa shape index (κ2) is 8.75. The molecule has 0 aromatic heterocycles. The summed E-state index contributed by atoms with van der Waals surface area (Å²) in [6.07, 6.45) is 4.19. The van der Waals surface area contributed by atoms with Crippen LogP contribution in [0.15, 0.2) is 18.2 Å². The molecule has 2 aliphatic rings. The van der Waals surface area contributed by atoms with Crippen molar-refractivity contribution >= 4 is 17.9 Å². The fourth-order valence-electron chi connectivity index (χ4n) is 3.28. The number of ether oxygens (including phenoxy) is 3. The van der Waals surface area contributed by atoms with Crippen molar-refractivity contribution in [3.05, 3.63) is 23.8 Å². The largest absolute Gasteiger partial charge is 0.486 e. The van der Waals surface area contributed by atoms with Crippen molar-refractivity contribution in [2.24, 2.45) is 5.92 Å². The predicted molar refractivity (Wildman–Crippen MR) is 95.8 cm³/mol. The highest BCUT2D eigenvalue weighted by Gasteiger charge is 2.23. The van der Waals surface area contributed by atoms with Crippen molar-refractivity contribution in [3.63, 3.8) is 0 Å². The molecule has 0 bridgehead atoms. The van der Waals surface area contributed by atoms with Gasteiger partial charge in [-0.15, -0.1) is 0 Å². The van der Waals surface area contributed by atoms with Gasteiger partial charge in [0.15, 0.2) is 18.1 Å². The molecule has 1 aliphatic carbocycles. The molecular weight excluding hydrogens is 352 g/mol. The van der Waals surface area contributed by atoms with Crippen LogP contribution >= 0.6 is 0 Å². The lowest BCUT2D eigenvalue weighted by Gasteiger charge is -2.29. The number of carbonyl (C=O) groups is 3. The van der Waals surface area contributed by atoms with Crippen LogP contribution in [0.4, 0.5) is 4.79 Å². The van der Waals surface area contributed by atoms with Gasteiger partial charge in [0, 0.05) is 6.04 Å². The summed E-state index contributed by atoms with van der Waals surface area (Å²) in [5, 5.41) is 5.00. The average Bonchev–Trinajstić information content (AvgIpc) is 2.67. The third kappa shape index (κ3) is 5.12. The number of benzene rings is 1. The van der Waals surface area contributed by atoms with E-state index in [1.165, 1.54) is 12.1 Å². The zero-order valence-corrected chi connectivity index (χ0v) is 15.3. The molecule has 0 radical (unpaired) electrons. The first-order chi connectivity index (χ1) is 13.0. The highest BCUT2D eigenvalue weighted by atomic mass is 16.6. The fraction of sp³-hybridized carbons (Fsp3) is 0.526. The number of urea groups is 1. The predicted octanol–water partition coefficient (Wildman–Crippen LogP) is 2.02. The summed E-state index contributed by atoms with van der Waals surface area (Å²) >= 11 is 0. The van der Waals surface area contributed by atoms with E-state index >= 15 is 0 Å². The van der Waals surface area contributed by atoms with Gasteiger partial charge in [0.25, 0.3) is 5.91 Å². The lowest BCUT2D eigenvalue weighted by atomic mass is 9.86. The Hall–Kier alpha value is -2.77. The van der Waals surface area contributed by atoms with Crippen molar-refractivity contribution in [1.29, 1.82) is 0 Å². The van der Waals surface area contributed by atoms with Crippen LogP contribution in [0.5, 0.6) is 11.5 Å². The molecule has 1 fully saturated rings. The number of rotatable bonds is 4. The number of carbonyl (C=O) groups excluding carboxylic acids is 3.